The van der Waals surface area contributed by atoms with Crippen molar-refractivity contribution in [3.8, 4) is 0 Å². The summed E-state index contributed by atoms with van der Waals surface area (Å²) in [5.74, 6) is -52.0. The molecule has 1 aliphatic carbocycles. The van der Waals surface area contributed by atoms with E-state index in [0.717, 1.165) is 6.04 Å². The summed E-state index contributed by atoms with van der Waals surface area (Å²) < 4.78 is 244. The first-order valence-corrected chi connectivity index (χ1v) is 12.7. The SMILES string of the molecule is CC[N+](C)(CC)C1CCCCC1.O=S(=O)(O)C(F)(F)C(F)(F)C(F)(F)C(F)(F)C(F)(F)C(F)(F)C(F)(F)C(F)(F)F. The van der Waals surface area contributed by atoms with Crippen LogP contribution in [0.5, 0.6) is 0 Å². The largest absolute Gasteiger partial charge is 0.460 e. The van der Waals surface area contributed by atoms with E-state index in [0.29, 0.717) is 0 Å². The second-order valence-electron chi connectivity index (χ2n) is 9.34. The van der Waals surface area contributed by atoms with E-state index in [1.807, 2.05) is 0 Å². The minimum absolute atomic E-state index is 0.966. The Morgan fingerprint density at radius 1 is 0.585 bits per heavy atom. The predicted octanol–water partition coefficient (Wildman–Crippen LogP) is 7.65. The Hall–Kier alpha value is -1.32. The zero-order valence-corrected chi connectivity index (χ0v) is 21.9. The Kier molecular flexibility index (Phi) is 11.3. The van der Waals surface area contributed by atoms with E-state index in [1.54, 1.807) is 0 Å². The molecule has 0 aromatic heterocycles. The van der Waals surface area contributed by atoms with Crippen molar-refractivity contribution < 1.29 is 92.1 Å². The molecule has 0 atom stereocenters. The van der Waals surface area contributed by atoms with Crippen molar-refractivity contribution in [2.24, 2.45) is 0 Å². The monoisotopic (exact) mass is 670 g/mol. The first-order chi connectivity index (χ1) is 17.7. The highest BCUT2D eigenvalue weighted by atomic mass is 32.2. The summed E-state index contributed by atoms with van der Waals surface area (Å²) >= 11 is 0. The van der Waals surface area contributed by atoms with Crippen LogP contribution in [0.1, 0.15) is 46.0 Å². The van der Waals surface area contributed by atoms with Crippen LogP contribution in [0.2, 0.25) is 0 Å². The highest BCUT2D eigenvalue weighted by molar-refractivity contribution is 7.87. The molecule has 0 spiro atoms. The van der Waals surface area contributed by atoms with Crippen LogP contribution >= 0.6 is 0 Å². The van der Waals surface area contributed by atoms with Crippen LogP contribution in [0.25, 0.3) is 0 Å². The molecule has 0 aromatic rings. The molecule has 0 heterocycles. The van der Waals surface area contributed by atoms with E-state index < -0.39 is 57.1 Å². The van der Waals surface area contributed by atoms with Crippen LogP contribution in [-0.2, 0) is 10.1 Å². The third-order valence-electron chi connectivity index (χ3n) is 6.92. The molecular weight excluding hydrogens is 645 g/mol. The lowest BCUT2D eigenvalue weighted by molar-refractivity contribution is -0.931. The van der Waals surface area contributed by atoms with E-state index in [1.165, 1.54) is 49.7 Å². The molecule has 1 rings (SSSR count). The van der Waals surface area contributed by atoms with Crippen molar-refractivity contribution in [3.63, 3.8) is 0 Å². The summed E-state index contributed by atoms with van der Waals surface area (Å²) in [6.45, 7) is 7.28. The van der Waals surface area contributed by atoms with Crippen LogP contribution in [0.15, 0.2) is 0 Å². The van der Waals surface area contributed by atoms with Gasteiger partial charge in [-0.3, -0.25) is 4.55 Å². The molecule has 1 N–H and O–H groups in total. The first-order valence-electron chi connectivity index (χ1n) is 11.3. The predicted molar refractivity (Wildman–Crippen MR) is 106 cm³/mol. The standard InChI is InChI=1S/C11H24N.C8HF17O3S/c1-4-12(3,5-2)11-9-7-6-8-10-11;9-1(10,3(13,14)5(17,18)7(21,22)23)2(11,12)4(15,16)6(19,20)8(24,25)29(26,27)28/h11H,4-10H2,1-3H3;(H,26,27,28)/q+1;. The Labute approximate surface area is 222 Å². The van der Waals surface area contributed by atoms with E-state index in [9.17, 15) is 83.1 Å². The minimum atomic E-state index is -8.89. The molecule has 0 aliphatic heterocycles. The fraction of sp³-hybridized carbons (Fsp3) is 1.00. The topological polar surface area (TPSA) is 54.4 Å². The Morgan fingerprint density at radius 3 is 1.15 bits per heavy atom. The molecular formula is C19H25F17NO3S+. The fourth-order valence-corrected chi connectivity index (χ4v) is 4.21. The molecule has 248 valence electrons. The van der Waals surface area contributed by atoms with E-state index >= 15 is 0 Å². The summed E-state index contributed by atoms with van der Waals surface area (Å²) in [6, 6.07) is 0.966. The molecule has 1 saturated carbocycles. The maximum Gasteiger partial charge on any atom is 0.460 e. The van der Waals surface area contributed by atoms with Crippen molar-refractivity contribution in [1.29, 1.82) is 0 Å². The summed E-state index contributed by atoms with van der Waals surface area (Å²) in [7, 11) is -5.47. The molecule has 41 heavy (non-hydrogen) atoms. The molecule has 0 saturated heterocycles. The molecule has 1 fully saturated rings. The van der Waals surface area contributed by atoms with Crippen molar-refractivity contribution in [2.45, 2.75) is 99.0 Å². The summed E-state index contributed by atoms with van der Waals surface area (Å²) in [5, 5.41) is -7.84. The summed E-state index contributed by atoms with van der Waals surface area (Å²) in [6.07, 6.45) is -0.524. The molecule has 0 aromatic carbocycles. The molecule has 0 bridgehead atoms. The van der Waals surface area contributed by atoms with Gasteiger partial charge < -0.3 is 4.48 Å². The Morgan fingerprint density at radius 2 is 0.878 bits per heavy atom. The van der Waals surface area contributed by atoms with Crippen molar-refractivity contribution in [1.82, 2.24) is 0 Å². The fourth-order valence-electron chi connectivity index (χ4n) is 3.76. The maximum atomic E-state index is 13.0. The van der Waals surface area contributed by atoms with Gasteiger partial charge in [-0.05, 0) is 39.5 Å². The molecule has 0 amide bonds. The first kappa shape index (κ1) is 39.7. The van der Waals surface area contributed by atoms with Gasteiger partial charge in [-0.1, -0.05) is 6.42 Å². The van der Waals surface area contributed by atoms with Gasteiger partial charge in [-0.25, -0.2) is 0 Å². The van der Waals surface area contributed by atoms with Crippen LogP contribution in [-0.4, -0.2) is 90.6 Å². The number of alkyl halides is 17. The quantitative estimate of drug-likeness (QED) is 0.148. The Bertz CT molecular complexity index is 985. The lowest BCUT2D eigenvalue weighted by atomic mass is 9.91. The number of halogens is 17. The average molecular weight is 670 g/mol. The van der Waals surface area contributed by atoms with Gasteiger partial charge in [0.15, 0.2) is 0 Å². The zero-order valence-electron chi connectivity index (χ0n) is 21.1. The van der Waals surface area contributed by atoms with Gasteiger partial charge in [0.05, 0.1) is 26.2 Å². The van der Waals surface area contributed by atoms with Crippen LogP contribution < -0.4 is 0 Å². The van der Waals surface area contributed by atoms with Crippen LogP contribution in [0.4, 0.5) is 74.6 Å². The van der Waals surface area contributed by atoms with Crippen LogP contribution in [0.3, 0.4) is 0 Å². The van der Waals surface area contributed by atoms with Crippen LogP contribution in [0, 0.1) is 0 Å². The second-order valence-corrected chi connectivity index (χ2v) is 10.8. The zero-order chi connectivity index (χ0) is 33.5. The van der Waals surface area contributed by atoms with Gasteiger partial charge in [0.25, 0.3) is 0 Å². The highest BCUT2D eigenvalue weighted by Gasteiger charge is 2.96. The number of rotatable bonds is 10. The van der Waals surface area contributed by atoms with Gasteiger partial charge in [0.2, 0.25) is 0 Å². The smallest absolute Gasteiger partial charge is 0.324 e. The Balaban J connectivity index is 0.00000110. The molecule has 0 unspecified atom stereocenters. The molecule has 0 radical (unpaired) electrons. The summed E-state index contributed by atoms with van der Waals surface area (Å²) in [5.41, 5.74) is 0. The molecule has 4 nitrogen and oxygen atoms in total. The summed E-state index contributed by atoms with van der Waals surface area (Å²) in [4.78, 5) is 0. The average Bonchev–Trinajstić information content (AvgIpc) is 2.82. The molecule has 22 heteroatoms. The lowest BCUT2D eigenvalue weighted by Crippen LogP contribution is -2.74. The normalized spacial score (nSPS) is 18.2. The number of hydrogen-bond acceptors (Lipinski definition) is 2. The van der Waals surface area contributed by atoms with Gasteiger partial charge in [0.1, 0.15) is 0 Å². The van der Waals surface area contributed by atoms with Gasteiger partial charge in [0, 0.05) is 0 Å². The number of hydrogen-bond donors (Lipinski definition) is 1. The van der Waals surface area contributed by atoms with Crippen molar-refractivity contribution in [2.75, 3.05) is 20.1 Å². The third kappa shape index (κ3) is 6.33. The maximum absolute atomic E-state index is 13.0. The molecule has 1 aliphatic rings. The van der Waals surface area contributed by atoms with Gasteiger partial charge in [-0.15, -0.1) is 0 Å². The minimum Gasteiger partial charge on any atom is -0.324 e. The van der Waals surface area contributed by atoms with E-state index in [-0.39, 0.29) is 0 Å². The highest BCUT2D eigenvalue weighted by Crippen LogP contribution is 2.64. The third-order valence-corrected chi connectivity index (χ3v) is 7.82. The second kappa shape index (κ2) is 11.6. The van der Waals surface area contributed by atoms with E-state index in [2.05, 4.69) is 20.9 Å². The lowest BCUT2D eigenvalue weighted by Gasteiger charge is -2.42. The van der Waals surface area contributed by atoms with Crippen molar-refractivity contribution >= 4 is 10.1 Å². The number of quaternary nitrogens is 1. The van der Waals surface area contributed by atoms with Gasteiger partial charge in [-0.2, -0.15) is 83.1 Å². The van der Waals surface area contributed by atoms with E-state index in [4.69, 9.17) is 4.55 Å². The number of nitrogens with zero attached hydrogens (tertiary/aromatic N) is 1. The van der Waals surface area contributed by atoms with Crippen molar-refractivity contribution in [3.05, 3.63) is 0 Å². The van der Waals surface area contributed by atoms with Gasteiger partial charge >= 0.3 is 57.1 Å².